The van der Waals surface area contributed by atoms with Gasteiger partial charge < -0.3 is 19.8 Å². The van der Waals surface area contributed by atoms with E-state index in [-0.39, 0.29) is 24.3 Å². The molecule has 0 fully saturated rings. The van der Waals surface area contributed by atoms with Crippen molar-refractivity contribution in [2.45, 2.75) is 6.92 Å². The SMILES string of the molecule is COCCOC(=O)c1cc(C(=O)Nc2ccc(Cl)cc2)c(=O)[nH]c1C. The Labute approximate surface area is 148 Å². The third-order valence-corrected chi connectivity index (χ3v) is 3.58. The van der Waals surface area contributed by atoms with Gasteiger partial charge in [-0.05, 0) is 37.3 Å². The number of benzene rings is 1. The summed E-state index contributed by atoms with van der Waals surface area (Å²) in [6.07, 6.45) is 0. The zero-order valence-corrected chi connectivity index (χ0v) is 14.5. The van der Waals surface area contributed by atoms with E-state index >= 15 is 0 Å². The summed E-state index contributed by atoms with van der Waals surface area (Å²) in [5.41, 5.74) is 0.0997. The van der Waals surface area contributed by atoms with Crippen molar-refractivity contribution >= 4 is 29.2 Å². The molecule has 0 spiro atoms. The maximum absolute atomic E-state index is 12.3. The lowest BCUT2D eigenvalue weighted by atomic mass is 10.1. The number of pyridine rings is 1. The minimum Gasteiger partial charge on any atom is -0.460 e. The lowest BCUT2D eigenvalue weighted by Crippen LogP contribution is -2.26. The maximum atomic E-state index is 12.3. The van der Waals surface area contributed by atoms with Crippen molar-refractivity contribution in [3.05, 3.63) is 62.5 Å². The number of nitrogens with one attached hydrogen (secondary N) is 2. The molecule has 0 aliphatic rings. The first-order chi connectivity index (χ1) is 11.9. The van der Waals surface area contributed by atoms with Gasteiger partial charge in [0.05, 0.1) is 12.2 Å². The lowest BCUT2D eigenvalue weighted by Gasteiger charge is -2.09. The van der Waals surface area contributed by atoms with Crippen LogP contribution in [0.25, 0.3) is 0 Å². The van der Waals surface area contributed by atoms with Gasteiger partial charge in [-0.15, -0.1) is 0 Å². The number of aromatic amines is 1. The largest absolute Gasteiger partial charge is 0.460 e. The molecule has 0 saturated heterocycles. The van der Waals surface area contributed by atoms with Crippen LogP contribution in [0.5, 0.6) is 0 Å². The third-order valence-electron chi connectivity index (χ3n) is 3.33. The summed E-state index contributed by atoms with van der Waals surface area (Å²) in [7, 11) is 1.48. The van der Waals surface area contributed by atoms with Gasteiger partial charge in [0.15, 0.2) is 0 Å². The second-order valence-corrected chi connectivity index (χ2v) is 5.58. The van der Waals surface area contributed by atoms with Gasteiger partial charge in [0, 0.05) is 23.5 Å². The number of rotatable bonds is 6. The predicted molar refractivity (Wildman–Crippen MR) is 93.4 cm³/mol. The van der Waals surface area contributed by atoms with Crippen LogP contribution in [-0.4, -0.2) is 37.2 Å². The van der Waals surface area contributed by atoms with Crippen LogP contribution in [0, 0.1) is 6.92 Å². The number of halogens is 1. The number of ether oxygens (including phenoxy) is 2. The monoisotopic (exact) mass is 364 g/mol. The molecule has 2 rings (SSSR count). The molecule has 8 heteroatoms. The molecule has 7 nitrogen and oxygen atoms in total. The number of H-pyrrole nitrogens is 1. The van der Waals surface area contributed by atoms with E-state index in [1.165, 1.54) is 13.2 Å². The van der Waals surface area contributed by atoms with Crippen LogP contribution in [-0.2, 0) is 9.47 Å². The van der Waals surface area contributed by atoms with Crippen LogP contribution in [0.3, 0.4) is 0 Å². The summed E-state index contributed by atoms with van der Waals surface area (Å²) in [4.78, 5) is 38.9. The molecule has 0 saturated carbocycles. The zero-order chi connectivity index (χ0) is 18.4. The molecule has 0 bridgehead atoms. The average Bonchev–Trinajstić information content (AvgIpc) is 2.57. The number of anilines is 1. The molecule has 2 aromatic rings. The van der Waals surface area contributed by atoms with Crippen LogP contribution in [0.2, 0.25) is 5.02 Å². The molecule has 1 aromatic carbocycles. The van der Waals surface area contributed by atoms with Crippen molar-refractivity contribution in [2.24, 2.45) is 0 Å². The minimum absolute atomic E-state index is 0.0696. The first kappa shape index (κ1) is 18.7. The van der Waals surface area contributed by atoms with E-state index in [4.69, 9.17) is 21.1 Å². The molecular formula is C17H17ClN2O5. The van der Waals surface area contributed by atoms with E-state index in [2.05, 4.69) is 10.3 Å². The van der Waals surface area contributed by atoms with Crippen LogP contribution < -0.4 is 10.9 Å². The molecule has 0 atom stereocenters. The standard InChI is InChI=1S/C17H17ClN2O5/c1-10-13(17(23)25-8-7-24-2)9-14(15(21)19-10)16(22)20-12-5-3-11(18)4-6-12/h3-6,9H,7-8H2,1-2H3,(H,19,21)(H,20,22). The van der Waals surface area contributed by atoms with Crippen LogP contribution in [0.1, 0.15) is 26.4 Å². The quantitative estimate of drug-likeness (QED) is 0.606. The topological polar surface area (TPSA) is 97.5 Å². The number of aryl methyl sites for hydroxylation is 1. The number of carbonyl (C=O) groups is 2. The van der Waals surface area contributed by atoms with Gasteiger partial charge in [0.25, 0.3) is 11.5 Å². The number of hydrogen-bond acceptors (Lipinski definition) is 5. The Bertz CT molecular complexity index is 830. The van der Waals surface area contributed by atoms with E-state index in [1.807, 2.05) is 0 Å². The number of amides is 1. The number of aromatic nitrogens is 1. The number of hydrogen-bond donors (Lipinski definition) is 2. The van der Waals surface area contributed by atoms with E-state index in [9.17, 15) is 14.4 Å². The summed E-state index contributed by atoms with van der Waals surface area (Å²) in [6, 6.07) is 7.63. The highest BCUT2D eigenvalue weighted by Crippen LogP contribution is 2.14. The Kier molecular flexibility index (Phi) is 6.32. The number of methoxy groups -OCH3 is 1. The van der Waals surface area contributed by atoms with Crippen LogP contribution in [0.4, 0.5) is 5.69 Å². The highest BCUT2D eigenvalue weighted by Gasteiger charge is 2.18. The summed E-state index contributed by atoms with van der Waals surface area (Å²) in [5.74, 6) is -1.29. The summed E-state index contributed by atoms with van der Waals surface area (Å²) in [6.45, 7) is 1.87. The fourth-order valence-corrected chi connectivity index (χ4v) is 2.16. The molecule has 0 aliphatic heterocycles. The van der Waals surface area contributed by atoms with Crippen molar-refractivity contribution in [3.8, 4) is 0 Å². The normalized spacial score (nSPS) is 10.4. The van der Waals surface area contributed by atoms with Gasteiger partial charge in [-0.2, -0.15) is 0 Å². The molecule has 2 N–H and O–H groups in total. The van der Waals surface area contributed by atoms with Gasteiger partial charge in [0.2, 0.25) is 0 Å². The second kappa shape index (κ2) is 8.46. The van der Waals surface area contributed by atoms with E-state index < -0.39 is 17.4 Å². The first-order valence-corrected chi connectivity index (χ1v) is 7.77. The van der Waals surface area contributed by atoms with Crippen molar-refractivity contribution in [1.29, 1.82) is 0 Å². The van der Waals surface area contributed by atoms with Crippen molar-refractivity contribution < 1.29 is 19.1 Å². The maximum Gasteiger partial charge on any atom is 0.340 e. The van der Waals surface area contributed by atoms with Crippen molar-refractivity contribution in [2.75, 3.05) is 25.6 Å². The molecule has 1 heterocycles. The average molecular weight is 365 g/mol. The molecule has 1 aromatic heterocycles. The van der Waals surface area contributed by atoms with Gasteiger partial charge in [-0.3, -0.25) is 9.59 Å². The second-order valence-electron chi connectivity index (χ2n) is 5.14. The molecule has 0 aliphatic carbocycles. The van der Waals surface area contributed by atoms with Gasteiger partial charge in [0.1, 0.15) is 12.2 Å². The molecule has 25 heavy (non-hydrogen) atoms. The molecule has 132 valence electrons. The Hall–Kier alpha value is -2.64. The Morgan fingerprint density at radius 1 is 1.16 bits per heavy atom. The highest BCUT2D eigenvalue weighted by molar-refractivity contribution is 6.30. The Balaban J connectivity index is 2.23. The van der Waals surface area contributed by atoms with Crippen LogP contribution >= 0.6 is 11.6 Å². The highest BCUT2D eigenvalue weighted by atomic mass is 35.5. The van der Waals surface area contributed by atoms with Gasteiger partial charge >= 0.3 is 5.97 Å². The summed E-state index contributed by atoms with van der Waals surface area (Å²) >= 11 is 5.79. The summed E-state index contributed by atoms with van der Waals surface area (Å²) in [5, 5.41) is 3.10. The van der Waals surface area contributed by atoms with Crippen LogP contribution in [0.15, 0.2) is 35.1 Å². The minimum atomic E-state index is -0.647. The molecule has 0 radical (unpaired) electrons. The van der Waals surface area contributed by atoms with Crippen molar-refractivity contribution in [1.82, 2.24) is 4.98 Å². The van der Waals surface area contributed by atoms with Crippen molar-refractivity contribution in [3.63, 3.8) is 0 Å². The number of carbonyl (C=O) groups excluding carboxylic acids is 2. The van der Waals surface area contributed by atoms with E-state index in [1.54, 1.807) is 31.2 Å². The van der Waals surface area contributed by atoms with E-state index in [0.717, 1.165) is 0 Å². The smallest absolute Gasteiger partial charge is 0.340 e. The number of esters is 1. The Morgan fingerprint density at radius 2 is 1.84 bits per heavy atom. The predicted octanol–water partition coefficient (Wildman–Crippen LogP) is 2.39. The molecule has 0 unspecified atom stereocenters. The van der Waals surface area contributed by atoms with Gasteiger partial charge in [-0.1, -0.05) is 11.6 Å². The fourth-order valence-electron chi connectivity index (χ4n) is 2.03. The molecular weight excluding hydrogens is 348 g/mol. The first-order valence-electron chi connectivity index (χ1n) is 7.39. The Morgan fingerprint density at radius 3 is 2.48 bits per heavy atom. The fraction of sp³-hybridized carbons (Fsp3) is 0.235. The lowest BCUT2D eigenvalue weighted by molar-refractivity contribution is 0.0386. The third kappa shape index (κ3) is 4.91. The zero-order valence-electron chi connectivity index (χ0n) is 13.7. The van der Waals surface area contributed by atoms with E-state index in [0.29, 0.717) is 16.4 Å². The van der Waals surface area contributed by atoms with Gasteiger partial charge in [-0.25, -0.2) is 4.79 Å². The summed E-state index contributed by atoms with van der Waals surface area (Å²) < 4.78 is 9.83. The molecule has 1 amide bonds.